The molecule has 12 heteroatoms. The third-order valence-corrected chi connectivity index (χ3v) is 6.99. The minimum atomic E-state index is -0.828. The number of carbonyl (C=O) groups excluding carboxylic acids is 1. The van der Waals surface area contributed by atoms with Crippen molar-refractivity contribution in [2.24, 2.45) is 11.8 Å². The summed E-state index contributed by atoms with van der Waals surface area (Å²) in [6.45, 7) is 1.34. The van der Waals surface area contributed by atoms with Crippen LogP contribution in [0.2, 0.25) is 0 Å². The largest absolute Gasteiger partial charge is 0.394 e. The van der Waals surface area contributed by atoms with Crippen molar-refractivity contribution in [3.63, 3.8) is 0 Å². The van der Waals surface area contributed by atoms with Gasteiger partial charge in [-0.2, -0.15) is 4.98 Å². The zero-order chi connectivity index (χ0) is 23.9. The highest BCUT2D eigenvalue weighted by atomic mass is 16.5. The number of imidazole rings is 1. The van der Waals surface area contributed by atoms with Gasteiger partial charge in [0, 0.05) is 12.2 Å². The number of aromatic nitrogens is 5. The second-order valence-electron chi connectivity index (χ2n) is 9.63. The van der Waals surface area contributed by atoms with Crippen molar-refractivity contribution in [3.05, 3.63) is 18.4 Å². The number of anilines is 1. The molecular weight excluding hydrogens is 442 g/mol. The van der Waals surface area contributed by atoms with Crippen molar-refractivity contribution in [2.45, 2.75) is 56.7 Å². The molecular formula is C22H29N7O5. The number of aromatic amines is 1. The first-order valence-electron chi connectivity index (χ1n) is 11.6. The monoisotopic (exact) mass is 471 g/mol. The van der Waals surface area contributed by atoms with Crippen LogP contribution in [-0.2, 0) is 0 Å². The van der Waals surface area contributed by atoms with Crippen LogP contribution in [0.1, 0.15) is 49.7 Å². The van der Waals surface area contributed by atoms with Gasteiger partial charge in [0.1, 0.15) is 5.52 Å². The molecule has 34 heavy (non-hydrogen) atoms. The number of rotatable bonds is 7. The number of pyridine rings is 1. The molecule has 3 aromatic rings. The van der Waals surface area contributed by atoms with Crippen molar-refractivity contribution < 1.29 is 24.6 Å². The summed E-state index contributed by atoms with van der Waals surface area (Å²) in [6, 6.07) is -0.689. The summed E-state index contributed by atoms with van der Waals surface area (Å²) in [5, 5.41) is 39.4. The summed E-state index contributed by atoms with van der Waals surface area (Å²) in [6.07, 6.45) is 7.37. The Morgan fingerprint density at radius 2 is 2.15 bits per heavy atom. The van der Waals surface area contributed by atoms with E-state index < -0.39 is 30.8 Å². The Kier molecular flexibility index (Phi) is 5.96. The fourth-order valence-electron chi connectivity index (χ4n) is 5.48. The van der Waals surface area contributed by atoms with Crippen LogP contribution in [0.5, 0.6) is 0 Å². The average Bonchev–Trinajstić information content (AvgIpc) is 3.48. The molecule has 0 aliphatic heterocycles. The van der Waals surface area contributed by atoms with E-state index >= 15 is 0 Å². The Bertz CT molecular complexity index is 1180. The van der Waals surface area contributed by atoms with Gasteiger partial charge in [0.15, 0.2) is 5.65 Å². The molecule has 1 unspecified atom stereocenters. The maximum atomic E-state index is 12.4. The average molecular weight is 472 g/mol. The molecule has 0 spiro atoms. The molecule has 0 saturated heterocycles. The first kappa shape index (κ1) is 22.7. The quantitative estimate of drug-likeness (QED) is 0.289. The van der Waals surface area contributed by atoms with E-state index in [1.807, 2.05) is 0 Å². The normalized spacial score (nSPS) is 26.7. The van der Waals surface area contributed by atoms with E-state index in [1.54, 1.807) is 12.5 Å². The molecule has 1 amide bonds. The summed E-state index contributed by atoms with van der Waals surface area (Å²) < 4.78 is 5.15. The second kappa shape index (κ2) is 8.93. The van der Waals surface area contributed by atoms with E-state index in [0.717, 1.165) is 32.1 Å². The Hall–Kier alpha value is -3.09. The zero-order valence-electron chi connectivity index (χ0n) is 18.9. The van der Waals surface area contributed by atoms with E-state index in [-0.39, 0.29) is 17.8 Å². The van der Waals surface area contributed by atoms with Crippen LogP contribution in [0, 0.1) is 11.8 Å². The molecule has 3 heterocycles. The van der Waals surface area contributed by atoms with Gasteiger partial charge in [-0.1, -0.05) is 12.1 Å². The Balaban J connectivity index is 1.45. The van der Waals surface area contributed by atoms with E-state index in [0.29, 0.717) is 34.3 Å². The standard InChI is InChI=1S/C22H29N7O5/c1-11-4-12-6-22(33,5-11)3-2-15(12)27-16-14(7-23-19-17(16)24-10-25-19)18-28-21(34-29-18)20(32)26-13(8-30)9-31/h7,10-13,15,30-31,33H,2-6,8-9H2,1H3,(H,26,32)(H2,23,24,25,27)/t11?,12-,15-,22-/m0/s1. The van der Waals surface area contributed by atoms with Gasteiger partial charge in [-0.15, -0.1) is 0 Å². The van der Waals surface area contributed by atoms with Crippen LogP contribution in [-0.4, -0.2) is 77.2 Å². The number of hydrogen-bond acceptors (Lipinski definition) is 10. The molecule has 0 radical (unpaired) electrons. The lowest BCUT2D eigenvalue weighted by Gasteiger charge is -2.48. The summed E-state index contributed by atoms with van der Waals surface area (Å²) in [5.74, 6) is -0.0361. The fraction of sp³-hybridized carbons (Fsp3) is 0.591. The molecule has 2 bridgehead atoms. The number of fused-ring (bicyclic) bond motifs is 3. The van der Waals surface area contributed by atoms with Gasteiger partial charge in [-0.05, 0) is 43.9 Å². The van der Waals surface area contributed by atoms with Gasteiger partial charge in [0.2, 0.25) is 5.82 Å². The molecule has 2 fully saturated rings. The topological polar surface area (TPSA) is 182 Å². The molecule has 2 saturated carbocycles. The predicted molar refractivity (Wildman–Crippen MR) is 121 cm³/mol. The molecule has 0 aromatic carbocycles. The number of aliphatic hydroxyl groups is 3. The highest BCUT2D eigenvalue weighted by molar-refractivity contribution is 5.95. The van der Waals surface area contributed by atoms with Gasteiger partial charge in [0.25, 0.3) is 0 Å². The minimum absolute atomic E-state index is 0.139. The number of nitrogens with one attached hydrogen (secondary N) is 3. The first-order valence-corrected chi connectivity index (χ1v) is 11.6. The molecule has 2 aliphatic rings. The van der Waals surface area contributed by atoms with Crippen LogP contribution < -0.4 is 10.6 Å². The van der Waals surface area contributed by atoms with E-state index in [1.165, 1.54) is 0 Å². The number of carbonyl (C=O) groups is 1. The highest BCUT2D eigenvalue weighted by Gasteiger charge is 2.45. The van der Waals surface area contributed by atoms with Crippen LogP contribution in [0.15, 0.2) is 17.0 Å². The number of aliphatic hydroxyl groups excluding tert-OH is 2. The van der Waals surface area contributed by atoms with Gasteiger partial charge in [-0.25, -0.2) is 9.97 Å². The lowest BCUT2D eigenvalue weighted by atomic mass is 9.64. The third-order valence-electron chi connectivity index (χ3n) is 6.99. The smallest absolute Gasteiger partial charge is 0.316 e. The maximum Gasteiger partial charge on any atom is 0.316 e. The lowest BCUT2D eigenvalue weighted by molar-refractivity contribution is -0.0677. The Morgan fingerprint density at radius 1 is 1.32 bits per heavy atom. The predicted octanol–water partition coefficient (Wildman–Crippen LogP) is 0.833. The molecule has 3 aromatic heterocycles. The van der Waals surface area contributed by atoms with Gasteiger partial charge >= 0.3 is 11.8 Å². The van der Waals surface area contributed by atoms with E-state index in [2.05, 4.69) is 42.6 Å². The Labute approximate surface area is 195 Å². The fourth-order valence-corrected chi connectivity index (χ4v) is 5.48. The van der Waals surface area contributed by atoms with Crippen LogP contribution in [0.3, 0.4) is 0 Å². The zero-order valence-corrected chi connectivity index (χ0v) is 18.9. The maximum absolute atomic E-state index is 12.4. The number of hydrogen-bond donors (Lipinski definition) is 6. The molecule has 12 nitrogen and oxygen atoms in total. The summed E-state index contributed by atoms with van der Waals surface area (Å²) in [5.41, 5.74) is 1.91. The SMILES string of the molecule is CC1C[C@H]2C[C@](O)(CC[C@@H]2Nc2c(-c3noc(C(=O)NC(CO)CO)n3)cnc3nc[nH]c23)C1. The minimum Gasteiger partial charge on any atom is -0.394 e. The number of H-pyrrole nitrogens is 1. The highest BCUT2D eigenvalue weighted by Crippen LogP contribution is 2.46. The Morgan fingerprint density at radius 3 is 2.94 bits per heavy atom. The van der Waals surface area contributed by atoms with Crippen molar-refractivity contribution >= 4 is 22.8 Å². The molecule has 182 valence electrons. The van der Waals surface area contributed by atoms with Crippen molar-refractivity contribution in [3.8, 4) is 11.4 Å². The van der Waals surface area contributed by atoms with Gasteiger partial charge in [-0.3, -0.25) is 4.79 Å². The van der Waals surface area contributed by atoms with Crippen LogP contribution in [0.4, 0.5) is 5.69 Å². The van der Waals surface area contributed by atoms with Crippen molar-refractivity contribution in [1.82, 2.24) is 30.4 Å². The van der Waals surface area contributed by atoms with Gasteiger partial charge in [0.05, 0.1) is 42.4 Å². The number of amides is 1. The van der Waals surface area contributed by atoms with E-state index in [4.69, 9.17) is 4.52 Å². The third kappa shape index (κ3) is 4.24. The molecule has 6 N–H and O–H groups in total. The van der Waals surface area contributed by atoms with Crippen molar-refractivity contribution in [1.29, 1.82) is 0 Å². The summed E-state index contributed by atoms with van der Waals surface area (Å²) in [7, 11) is 0. The summed E-state index contributed by atoms with van der Waals surface area (Å²) in [4.78, 5) is 28.3. The van der Waals surface area contributed by atoms with Gasteiger partial charge < -0.3 is 35.5 Å². The van der Waals surface area contributed by atoms with Crippen molar-refractivity contribution in [2.75, 3.05) is 18.5 Å². The lowest BCUT2D eigenvalue weighted by Crippen LogP contribution is -2.49. The summed E-state index contributed by atoms with van der Waals surface area (Å²) >= 11 is 0. The molecule has 5 rings (SSSR count). The second-order valence-corrected chi connectivity index (χ2v) is 9.63. The van der Waals surface area contributed by atoms with Crippen LogP contribution >= 0.6 is 0 Å². The first-order chi connectivity index (χ1) is 16.4. The van der Waals surface area contributed by atoms with Crippen LogP contribution in [0.25, 0.3) is 22.6 Å². The molecule has 4 atom stereocenters. The molecule has 2 aliphatic carbocycles. The van der Waals surface area contributed by atoms with E-state index in [9.17, 15) is 20.1 Å². The number of nitrogens with zero attached hydrogens (tertiary/aromatic N) is 4.